The Labute approximate surface area is 64.3 Å². The Morgan fingerprint density at radius 1 is 1.73 bits per heavy atom. The molecule has 11 heavy (non-hydrogen) atoms. The standard InChI is InChI=1S/C7H8N2O2/c1-2-3-6(10)5(4-8)7(9)11/h2,5H,1,3H2,(H2,9,11). The van der Waals surface area contributed by atoms with Crippen LogP contribution in [0, 0.1) is 17.2 Å². The number of primary amides is 1. The first-order valence-corrected chi connectivity index (χ1v) is 2.96. The smallest absolute Gasteiger partial charge is 0.242 e. The maximum absolute atomic E-state index is 10.8. The summed E-state index contributed by atoms with van der Waals surface area (Å²) < 4.78 is 0. The number of allylic oxidation sites excluding steroid dienone is 1. The number of nitrogens with two attached hydrogens (primary N) is 1. The van der Waals surface area contributed by atoms with Gasteiger partial charge in [-0.05, 0) is 0 Å². The highest BCUT2D eigenvalue weighted by Gasteiger charge is 2.21. The Morgan fingerprint density at radius 3 is 2.55 bits per heavy atom. The number of ketones is 1. The monoisotopic (exact) mass is 152 g/mol. The second kappa shape index (κ2) is 4.23. The second-order valence-electron chi connectivity index (χ2n) is 1.92. The largest absolute Gasteiger partial charge is 0.368 e. The van der Waals surface area contributed by atoms with Crippen LogP contribution in [0.4, 0.5) is 0 Å². The predicted molar refractivity (Wildman–Crippen MR) is 38.1 cm³/mol. The zero-order valence-corrected chi connectivity index (χ0v) is 5.91. The predicted octanol–water partition coefficient (Wildman–Crippen LogP) is -0.243. The fraction of sp³-hybridized carbons (Fsp3) is 0.286. The van der Waals surface area contributed by atoms with E-state index < -0.39 is 17.6 Å². The number of hydrogen-bond donors (Lipinski definition) is 1. The number of nitrogens with zero attached hydrogens (tertiary/aromatic N) is 1. The van der Waals surface area contributed by atoms with Crippen molar-refractivity contribution in [2.24, 2.45) is 11.7 Å². The van der Waals surface area contributed by atoms with Crippen molar-refractivity contribution < 1.29 is 9.59 Å². The van der Waals surface area contributed by atoms with Gasteiger partial charge in [-0.1, -0.05) is 6.08 Å². The molecule has 1 unspecified atom stereocenters. The zero-order chi connectivity index (χ0) is 8.85. The van der Waals surface area contributed by atoms with Gasteiger partial charge in [-0.15, -0.1) is 6.58 Å². The molecule has 0 aliphatic heterocycles. The van der Waals surface area contributed by atoms with E-state index in [1.54, 1.807) is 0 Å². The van der Waals surface area contributed by atoms with Crippen LogP contribution >= 0.6 is 0 Å². The van der Waals surface area contributed by atoms with Crippen molar-refractivity contribution in [3.8, 4) is 6.07 Å². The lowest BCUT2D eigenvalue weighted by Crippen LogP contribution is -2.28. The Kier molecular flexibility index (Phi) is 3.60. The minimum Gasteiger partial charge on any atom is -0.368 e. The summed E-state index contributed by atoms with van der Waals surface area (Å²) in [6.45, 7) is 3.29. The molecule has 0 saturated heterocycles. The fourth-order valence-electron chi connectivity index (χ4n) is 0.554. The molecule has 0 aliphatic rings. The van der Waals surface area contributed by atoms with Crippen LogP contribution in [0.5, 0.6) is 0 Å². The summed E-state index contributed by atoms with van der Waals surface area (Å²) in [6, 6.07) is 1.51. The number of Topliss-reactive ketones (excluding diaryl/α,β-unsaturated/α-hetero) is 1. The van der Waals surface area contributed by atoms with E-state index in [-0.39, 0.29) is 6.42 Å². The Morgan fingerprint density at radius 2 is 2.27 bits per heavy atom. The number of hydrogen-bond acceptors (Lipinski definition) is 3. The Hall–Kier alpha value is -1.63. The van der Waals surface area contributed by atoms with Gasteiger partial charge < -0.3 is 5.73 Å². The van der Waals surface area contributed by atoms with E-state index in [1.165, 1.54) is 12.1 Å². The Balaban J connectivity index is 4.29. The maximum atomic E-state index is 10.8. The first-order valence-electron chi connectivity index (χ1n) is 2.96. The SMILES string of the molecule is C=CCC(=O)C(C#N)C(N)=O. The van der Waals surface area contributed by atoms with E-state index in [4.69, 9.17) is 11.0 Å². The molecular formula is C7H8N2O2. The molecule has 4 heteroatoms. The molecule has 0 fully saturated rings. The summed E-state index contributed by atoms with van der Waals surface area (Å²) in [5, 5.41) is 8.29. The molecule has 1 atom stereocenters. The molecule has 1 amide bonds. The molecular weight excluding hydrogens is 144 g/mol. The van der Waals surface area contributed by atoms with Gasteiger partial charge in [0.25, 0.3) is 0 Å². The van der Waals surface area contributed by atoms with Gasteiger partial charge in [0, 0.05) is 6.42 Å². The zero-order valence-electron chi connectivity index (χ0n) is 5.91. The van der Waals surface area contributed by atoms with Gasteiger partial charge in [-0.25, -0.2) is 0 Å². The quantitative estimate of drug-likeness (QED) is 0.445. The highest BCUT2D eigenvalue weighted by Crippen LogP contribution is 1.99. The topological polar surface area (TPSA) is 83.9 Å². The van der Waals surface area contributed by atoms with Crippen molar-refractivity contribution in [1.82, 2.24) is 0 Å². The van der Waals surface area contributed by atoms with Crippen LogP contribution in [0.2, 0.25) is 0 Å². The normalized spacial score (nSPS) is 11.2. The summed E-state index contributed by atoms with van der Waals surface area (Å²) in [5.41, 5.74) is 4.76. The maximum Gasteiger partial charge on any atom is 0.242 e. The van der Waals surface area contributed by atoms with Crippen LogP contribution in [-0.2, 0) is 9.59 Å². The average Bonchev–Trinajstić information content (AvgIpc) is 1.88. The third kappa shape index (κ3) is 2.63. The molecule has 0 bridgehead atoms. The van der Waals surface area contributed by atoms with Crippen LogP contribution < -0.4 is 5.73 Å². The molecule has 4 nitrogen and oxygen atoms in total. The molecule has 0 spiro atoms. The van der Waals surface area contributed by atoms with Crippen LogP contribution in [0.3, 0.4) is 0 Å². The van der Waals surface area contributed by atoms with Crippen LogP contribution in [0.15, 0.2) is 12.7 Å². The first-order chi connectivity index (χ1) is 5.13. The van der Waals surface area contributed by atoms with Gasteiger partial charge in [0.05, 0.1) is 6.07 Å². The van der Waals surface area contributed by atoms with Crippen molar-refractivity contribution in [3.63, 3.8) is 0 Å². The molecule has 58 valence electrons. The van der Waals surface area contributed by atoms with E-state index in [9.17, 15) is 9.59 Å². The summed E-state index contributed by atoms with van der Waals surface area (Å²) in [5.74, 6) is -2.73. The van der Waals surface area contributed by atoms with Crippen LogP contribution in [-0.4, -0.2) is 11.7 Å². The molecule has 0 aliphatic carbocycles. The molecule has 0 aromatic rings. The number of nitriles is 1. The van der Waals surface area contributed by atoms with Crippen molar-refractivity contribution in [2.75, 3.05) is 0 Å². The molecule has 0 saturated carbocycles. The summed E-state index contributed by atoms with van der Waals surface area (Å²) in [7, 11) is 0. The van der Waals surface area contributed by atoms with E-state index >= 15 is 0 Å². The van der Waals surface area contributed by atoms with Crippen molar-refractivity contribution in [2.45, 2.75) is 6.42 Å². The van der Waals surface area contributed by atoms with Gasteiger partial charge in [-0.3, -0.25) is 9.59 Å². The fourth-order valence-corrected chi connectivity index (χ4v) is 0.554. The third-order valence-corrected chi connectivity index (χ3v) is 1.08. The number of amides is 1. The van der Waals surface area contributed by atoms with Gasteiger partial charge in [0.1, 0.15) is 0 Å². The number of rotatable bonds is 4. The summed E-state index contributed by atoms with van der Waals surface area (Å²) in [6.07, 6.45) is 1.33. The summed E-state index contributed by atoms with van der Waals surface area (Å²) >= 11 is 0. The van der Waals surface area contributed by atoms with Crippen molar-refractivity contribution in [1.29, 1.82) is 5.26 Å². The van der Waals surface area contributed by atoms with E-state index in [1.807, 2.05) is 0 Å². The second-order valence-corrected chi connectivity index (χ2v) is 1.92. The van der Waals surface area contributed by atoms with Gasteiger partial charge in [-0.2, -0.15) is 5.26 Å². The average molecular weight is 152 g/mol. The minimum absolute atomic E-state index is 0.00116. The van der Waals surface area contributed by atoms with Crippen molar-refractivity contribution in [3.05, 3.63) is 12.7 Å². The van der Waals surface area contributed by atoms with Crippen molar-refractivity contribution >= 4 is 11.7 Å². The van der Waals surface area contributed by atoms with E-state index in [0.717, 1.165) is 0 Å². The lowest BCUT2D eigenvalue weighted by atomic mass is 10.0. The molecule has 0 heterocycles. The van der Waals surface area contributed by atoms with E-state index in [2.05, 4.69) is 6.58 Å². The van der Waals surface area contributed by atoms with Crippen LogP contribution in [0.1, 0.15) is 6.42 Å². The van der Waals surface area contributed by atoms with Gasteiger partial charge in [0.15, 0.2) is 11.7 Å². The molecule has 0 aromatic heterocycles. The third-order valence-electron chi connectivity index (χ3n) is 1.08. The lowest BCUT2D eigenvalue weighted by molar-refractivity contribution is -0.129. The molecule has 0 rings (SSSR count). The van der Waals surface area contributed by atoms with Crippen LogP contribution in [0.25, 0.3) is 0 Å². The Bertz CT molecular complexity index is 227. The van der Waals surface area contributed by atoms with E-state index in [0.29, 0.717) is 0 Å². The highest BCUT2D eigenvalue weighted by molar-refractivity contribution is 6.03. The number of carbonyl (C=O) groups excluding carboxylic acids is 2. The molecule has 0 aromatic carbocycles. The first kappa shape index (κ1) is 9.37. The van der Waals surface area contributed by atoms with Gasteiger partial charge in [0.2, 0.25) is 5.91 Å². The minimum atomic E-state index is -1.33. The molecule has 2 N–H and O–H groups in total. The summed E-state index contributed by atoms with van der Waals surface area (Å²) in [4.78, 5) is 21.2. The van der Waals surface area contributed by atoms with Gasteiger partial charge >= 0.3 is 0 Å². The lowest BCUT2D eigenvalue weighted by Gasteiger charge is -1.98. The number of carbonyl (C=O) groups is 2. The highest BCUT2D eigenvalue weighted by atomic mass is 16.2. The molecule has 0 radical (unpaired) electrons.